The fourth-order valence-corrected chi connectivity index (χ4v) is 4.41. The van der Waals surface area contributed by atoms with Crippen LogP contribution >= 0.6 is 11.6 Å². The first-order chi connectivity index (χ1) is 13.4. The van der Waals surface area contributed by atoms with Gasteiger partial charge in [-0.15, -0.1) is 0 Å². The van der Waals surface area contributed by atoms with E-state index in [0.29, 0.717) is 10.6 Å². The minimum absolute atomic E-state index is 0.0147. The van der Waals surface area contributed by atoms with Gasteiger partial charge in [-0.2, -0.15) is 4.31 Å². The Balaban J connectivity index is 1.47. The van der Waals surface area contributed by atoms with Crippen LogP contribution in [0.2, 0.25) is 5.02 Å². The number of nitrogens with zero attached hydrogens (tertiary/aromatic N) is 2. The fourth-order valence-electron chi connectivity index (χ4n) is 2.88. The third-order valence-electron chi connectivity index (χ3n) is 4.38. The van der Waals surface area contributed by atoms with Gasteiger partial charge >= 0.3 is 0 Å². The summed E-state index contributed by atoms with van der Waals surface area (Å²) in [4.78, 5) is 25.8. The Morgan fingerprint density at radius 2 is 1.86 bits per heavy atom. The van der Waals surface area contributed by atoms with Gasteiger partial charge in [0.2, 0.25) is 10.0 Å². The van der Waals surface area contributed by atoms with Gasteiger partial charge < -0.3 is 14.6 Å². The molecule has 0 atom stereocenters. The van der Waals surface area contributed by atoms with Crippen molar-refractivity contribution in [2.24, 2.45) is 0 Å². The van der Waals surface area contributed by atoms with E-state index in [4.69, 9.17) is 16.0 Å². The first-order valence-electron chi connectivity index (χ1n) is 8.71. The third-order valence-corrected chi connectivity index (χ3v) is 6.49. The monoisotopic (exact) mass is 425 g/mol. The van der Waals surface area contributed by atoms with Crippen molar-refractivity contribution in [3.05, 3.63) is 59.0 Å². The average Bonchev–Trinajstić information content (AvgIpc) is 3.22. The predicted octanol–water partition coefficient (Wildman–Crippen LogP) is 1.45. The van der Waals surface area contributed by atoms with Crippen LogP contribution in [0.25, 0.3) is 0 Å². The molecule has 1 aromatic heterocycles. The second kappa shape index (κ2) is 8.76. The number of rotatable bonds is 6. The van der Waals surface area contributed by atoms with E-state index in [9.17, 15) is 18.0 Å². The number of carbonyl (C=O) groups is 2. The summed E-state index contributed by atoms with van der Waals surface area (Å²) < 4.78 is 31.4. The number of amides is 2. The van der Waals surface area contributed by atoms with Gasteiger partial charge in [0.15, 0.2) is 5.76 Å². The number of carbonyl (C=O) groups excluding carboxylic acids is 2. The van der Waals surface area contributed by atoms with Crippen molar-refractivity contribution in [3.63, 3.8) is 0 Å². The summed E-state index contributed by atoms with van der Waals surface area (Å²) in [5.41, 5.74) is 0.370. The van der Waals surface area contributed by atoms with Crippen LogP contribution in [0.4, 0.5) is 0 Å². The third kappa shape index (κ3) is 4.92. The molecule has 8 nitrogen and oxygen atoms in total. The van der Waals surface area contributed by atoms with Crippen molar-refractivity contribution in [1.82, 2.24) is 14.5 Å². The van der Waals surface area contributed by atoms with E-state index < -0.39 is 10.0 Å². The molecule has 1 fully saturated rings. The van der Waals surface area contributed by atoms with Crippen molar-refractivity contribution < 1.29 is 22.4 Å². The van der Waals surface area contributed by atoms with Crippen molar-refractivity contribution in [2.75, 3.05) is 38.5 Å². The molecule has 2 aromatic rings. The molecule has 1 aliphatic heterocycles. The van der Waals surface area contributed by atoms with E-state index in [1.807, 2.05) is 0 Å². The first-order valence-corrected chi connectivity index (χ1v) is 10.7. The van der Waals surface area contributed by atoms with Crippen LogP contribution in [0.15, 0.2) is 47.1 Å². The van der Waals surface area contributed by atoms with Crippen LogP contribution in [0.3, 0.4) is 0 Å². The number of sulfonamides is 1. The zero-order chi connectivity index (χ0) is 20.1. The van der Waals surface area contributed by atoms with E-state index >= 15 is 0 Å². The Kier molecular flexibility index (Phi) is 6.38. The van der Waals surface area contributed by atoms with Crippen LogP contribution in [0.5, 0.6) is 0 Å². The van der Waals surface area contributed by atoms with Gasteiger partial charge in [-0.05, 0) is 30.3 Å². The van der Waals surface area contributed by atoms with Crippen LogP contribution in [-0.2, 0) is 10.0 Å². The number of hydrogen-bond donors (Lipinski definition) is 1. The van der Waals surface area contributed by atoms with Crippen LogP contribution in [-0.4, -0.2) is 67.9 Å². The molecule has 0 bridgehead atoms. The van der Waals surface area contributed by atoms with Crippen molar-refractivity contribution in [2.45, 2.75) is 0 Å². The molecule has 0 saturated carbocycles. The topological polar surface area (TPSA) is 99.9 Å². The predicted molar refractivity (Wildman–Crippen MR) is 104 cm³/mol. The summed E-state index contributed by atoms with van der Waals surface area (Å²) in [7, 11) is -3.54. The Bertz CT molecular complexity index is 938. The summed E-state index contributed by atoms with van der Waals surface area (Å²) in [6.45, 7) is 0.967. The number of nitrogens with one attached hydrogen (secondary N) is 1. The maximum Gasteiger partial charge on any atom is 0.289 e. The first kappa shape index (κ1) is 20.4. The summed E-state index contributed by atoms with van der Waals surface area (Å²) >= 11 is 5.85. The van der Waals surface area contributed by atoms with Crippen LogP contribution in [0.1, 0.15) is 20.9 Å². The largest absolute Gasteiger partial charge is 0.459 e. The van der Waals surface area contributed by atoms with Gasteiger partial charge in [0, 0.05) is 43.3 Å². The Morgan fingerprint density at radius 1 is 1.11 bits per heavy atom. The Labute approximate surface area is 168 Å². The second-order valence-electron chi connectivity index (χ2n) is 6.25. The van der Waals surface area contributed by atoms with Gasteiger partial charge in [0.05, 0.1) is 12.0 Å². The van der Waals surface area contributed by atoms with Gasteiger partial charge in [0.25, 0.3) is 11.8 Å². The Morgan fingerprint density at radius 3 is 2.50 bits per heavy atom. The number of piperazine rings is 1. The summed E-state index contributed by atoms with van der Waals surface area (Å²) in [6, 6.07) is 9.63. The van der Waals surface area contributed by atoms with Gasteiger partial charge in [-0.3, -0.25) is 9.59 Å². The zero-order valence-electron chi connectivity index (χ0n) is 15.0. The summed E-state index contributed by atoms with van der Waals surface area (Å²) in [6.07, 6.45) is 1.42. The molecule has 1 N–H and O–H groups in total. The summed E-state index contributed by atoms with van der Waals surface area (Å²) in [5, 5.41) is 3.02. The molecule has 0 radical (unpaired) electrons. The fraction of sp³-hybridized carbons (Fsp3) is 0.333. The lowest BCUT2D eigenvalue weighted by molar-refractivity contribution is 0.0665. The number of benzene rings is 1. The van der Waals surface area contributed by atoms with Crippen molar-refractivity contribution in [3.8, 4) is 0 Å². The van der Waals surface area contributed by atoms with Gasteiger partial charge in [-0.25, -0.2) is 8.42 Å². The highest BCUT2D eigenvalue weighted by molar-refractivity contribution is 7.89. The molecular formula is C18H20ClN3O5S. The smallest absolute Gasteiger partial charge is 0.289 e. The van der Waals surface area contributed by atoms with Crippen molar-refractivity contribution in [1.29, 1.82) is 0 Å². The lowest BCUT2D eigenvalue weighted by Crippen LogP contribution is -2.51. The molecule has 1 aliphatic rings. The standard InChI is InChI=1S/C18H20ClN3O5S/c19-15-4-1-3-14(13-15)17(23)20-6-12-28(25,26)22-9-7-21(8-10-22)18(24)16-5-2-11-27-16/h1-5,11,13H,6-10,12H2,(H,20,23). The quantitative estimate of drug-likeness (QED) is 0.755. The Hall–Kier alpha value is -2.36. The highest BCUT2D eigenvalue weighted by atomic mass is 35.5. The molecule has 0 unspecified atom stereocenters. The van der Waals surface area contributed by atoms with Crippen LogP contribution < -0.4 is 5.32 Å². The number of furan rings is 1. The highest BCUT2D eigenvalue weighted by Gasteiger charge is 2.29. The molecule has 150 valence electrons. The van der Waals surface area contributed by atoms with E-state index in [1.165, 1.54) is 16.6 Å². The lowest BCUT2D eigenvalue weighted by atomic mass is 10.2. The second-order valence-corrected chi connectivity index (χ2v) is 8.78. The molecule has 10 heteroatoms. The van der Waals surface area contributed by atoms with E-state index in [2.05, 4.69) is 5.32 Å². The van der Waals surface area contributed by atoms with E-state index in [-0.39, 0.29) is 56.1 Å². The molecule has 0 aliphatic carbocycles. The molecular weight excluding hydrogens is 406 g/mol. The zero-order valence-corrected chi connectivity index (χ0v) is 16.6. The molecule has 1 aromatic carbocycles. The average molecular weight is 426 g/mol. The molecule has 1 saturated heterocycles. The van der Waals surface area contributed by atoms with E-state index in [0.717, 1.165) is 0 Å². The van der Waals surface area contributed by atoms with Crippen molar-refractivity contribution >= 4 is 33.4 Å². The molecule has 2 heterocycles. The molecule has 3 rings (SSSR count). The van der Waals surface area contributed by atoms with Gasteiger partial charge in [-0.1, -0.05) is 17.7 Å². The van der Waals surface area contributed by atoms with Gasteiger partial charge in [0.1, 0.15) is 0 Å². The minimum atomic E-state index is -3.54. The molecule has 28 heavy (non-hydrogen) atoms. The maximum atomic E-state index is 12.5. The highest BCUT2D eigenvalue weighted by Crippen LogP contribution is 2.13. The minimum Gasteiger partial charge on any atom is -0.459 e. The van der Waals surface area contributed by atoms with Crippen LogP contribution in [0, 0.1) is 0 Å². The lowest BCUT2D eigenvalue weighted by Gasteiger charge is -2.33. The summed E-state index contributed by atoms with van der Waals surface area (Å²) in [5.74, 6) is -0.617. The van der Waals surface area contributed by atoms with E-state index in [1.54, 1.807) is 35.2 Å². The molecule has 0 spiro atoms. The maximum absolute atomic E-state index is 12.5. The normalized spacial score (nSPS) is 15.4. The number of hydrogen-bond acceptors (Lipinski definition) is 5. The SMILES string of the molecule is O=C(NCCS(=O)(=O)N1CCN(C(=O)c2ccco2)CC1)c1cccc(Cl)c1. The number of halogens is 1. The molecule has 2 amide bonds.